The van der Waals surface area contributed by atoms with Gasteiger partial charge in [0.25, 0.3) is 5.91 Å². The Morgan fingerprint density at radius 1 is 1.32 bits per heavy atom. The minimum absolute atomic E-state index is 0.0903. The van der Waals surface area contributed by atoms with Crippen LogP contribution in [0.1, 0.15) is 46.5 Å². The van der Waals surface area contributed by atoms with Gasteiger partial charge in [0, 0.05) is 12.7 Å². The summed E-state index contributed by atoms with van der Waals surface area (Å²) in [6.07, 6.45) is 5.57. The molecule has 1 aromatic rings. The van der Waals surface area contributed by atoms with Crippen molar-refractivity contribution >= 4 is 11.6 Å². The summed E-state index contributed by atoms with van der Waals surface area (Å²) >= 11 is 0. The van der Waals surface area contributed by atoms with E-state index in [1.54, 1.807) is 12.3 Å². The minimum Gasteiger partial charge on any atom is -0.478 e. The van der Waals surface area contributed by atoms with Gasteiger partial charge in [0.05, 0.1) is 18.5 Å². The van der Waals surface area contributed by atoms with Gasteiger partial charge in [-0.1, -0.05) is 13.8 Å². The van der Waals surface area contributed by atoms with Crippen molar-refractivity contribution in [3.05, 3.63) is 18.3 Å². The van der Waals surface area contributed by atoms with Gasteiger partial charge in [0.1, 0.15) is 5.60 Å². The van der Waals surface area contributed by atoms with Crippen molar-refractivity contribution in [3.63, 3.8) is 0 Å². The molecule has 0 unspecified atom stereocenters. The molecule has 1 saturated carbocycles. The second-order valence-corrected chi connectivity index (χ2v) is 5.92. The molecule has 1 aromatic heterocycles. The van der Waals surface area contributed by atoms with Crippen LogP contribution in [0.4, 0.5) is 5.69 Å². The molecule has 0 aliphatic heterocycles. The number of ether oxygens (including phenoxy) is 2. The maximum absolute atomic E-state index is 12.6. The van der Waals surface area contributed by atoms with E-state index in [9.17, 15) is 4.79 Å². The molecular formula is C17H26N2O3. The van der Waals surface area contributed by atoms with E-state index in [1.165, 1.54) is 0 Å². The highest BCUT2D eigenvalue weighted by atomic mass is 16.5. The topological polar surface area (TPSA) is 60.5 Å². The molecule has 1 atom stereocenters. The Balaban J connectivity index is 1.97. The smallest absolute Gasteiger partial charge is 0.256 e. The van der Waals surface area contributed by atoms with E-state index in [2.05, 4.69) is 10.3 Å². The largest absolute Gasteiger partial charge is 0.478 e. The van der Waals surface area contributed by atoms with Crippen molar-refractivity contribution in [2.24, 2.45) is 5.92 Å². The van der Waals surface area contributed by atoms with Crippen LogP contribution in [0, 0.1) is 5.92 Å². The molecule has 0 aromatic carbocycles. The summed E-state index contributed by atoms with van der Waals surface area (Å²) in [7, 11) is 0. The second kappa shape index (κ2) is 7.58. The van der Waals surface area contributed by atoms with Gasteiger partial charge >= 0.3 is 0 Å². The number of anilines is 1. The molecule has 0 spiro atoms. The molecule has 1 N–H and O–H groups in total. The Morgan fingerprint density at radius 3 is 2.59 bits per heavy atom. The summed E-state index contributed by atoms with van der Waals surface area (Å²) in [6.45, 7) is 7.22. The molecule has 22 heavy (non-hydrogen) atoms. The summed E-state index contributed by atoms with van der Waals surface area (Å²) in [6, 6.07) is 3.58. The number of carbonyl (C=O) groups is 1. The molecule has 1 heterocycles. The van der Waals surface area contributed by atoms with Crippen LogP contribution < -0.4 is 10.1 Å². The van der Waals surface area contributed by atoms with Gasteiger partial charge in [0.15, 0.2) is 0 Å². The van der Waals surface area contributed by atoms with Crippen LogP contribution in [0.15, 0.2) is 18.3 Å². The first-order valence-electron chi connectivity index (χ1n) is 8.14. The number of nitrogens with one attached hydrogen (secondary N) is 1. The Labute approximate surface area is 132 Å². The second-order valence-electron chi connectivity index (χ2n) is 5.92. The molecule has 1 aliphatic carbocycles. The molecule has 1 aliphatic rings. The van der Waals surface area contributed by atoms with E-state index in [1.807, 2.05) is 26.8 Å². The molecule has 1 amide bonds. The van der Waals surface area contributed by atoms with Crippen LogP contribution in [0.3, 0.4) is 0 Å². The van der Waals surface area contributed by atoms with Crippen LogP contribution in [0.2, 0.25) is 0 Å². The summed E-state index contributed by atoms with van der Waals surface area (Å²) in [5.41, 5.74) is -0.0752. The van der Waals surface area contributed by atoms with Crippen LogP contribution in [0.5, 0.6) is 5.88 Å². The fraction of sp³-hybridized carbons (Fsp3) is 0.647. The van der Waals surface area contributed by atoms with E-state index in [-0.39, 0.29) is 5.91 Å². The van der Waals surface area contributed by atoms with Crippen LogP contribution >= 0.6 is 0 Å². The number of pyridine rings is 1. The fourth-order valence-corrected chi connectivity index (χ4v) is 2.32. The van der Waals surface area contributed by atoms with E-state index in [4.69, 9.17) is 9.47 Å². The summed E-state index contributed by atoms with van der Waals surface area (Å²) < 4.78 is 11.3. The lowest BCUT2D eigenvalue weighted by atomic mass is 9.99. The highest BCUT2D eigenvalue weighted by Crippen LogP contribution is 2.42. The van der Waals surface area contributed by atoms with Crippen LogP contribution in [0.25, 0.3) is 0 Å². The predicted octanol–water partition coefficient (Wildman–Crippen LogP) is 3.40. The molecule has 122 valence electrons. The first-order chi connectivity index (χ1) is 10.6. The normalized spacial score (nSPS) is 16.9. The van der Waals surface area contributed by atoms with E-state index < -0.39 is 5.60 Å². The standard InChI is InChI=1S/C17H26N2O3/c1-4-10-21-15-9-8-14(12-18-15)19-16(20)17(3,13-6-7-13)22-11-5-2/h8-9,12-13H,4-7,10-11H2,1-3H3,(H,19,20)/t17-/m0/s1. The zero-order valence-corrected chi connectivity index (χ0v) is 13.7. The molecule has 0 radical (unpaired) electrons. The van der Waals surface area contributed by atoms with Gasteiger partial charge < -0.3 is 14.8 Å². The van der Waals surface area contributed by atoms with E-state index in [0.29, 0.717) is 30.7 Å². The van der Waals surface area contributed by atoms with Crippen LogP contribution in [-0.4, -0.2) is 29.7 Å². The number of hydrogen-bond donors (Lipinski definition) is 1. The maximum atomic E-state index is 12.6. The van der Waals surface area contributed by atoms with Gasteiger partial charge in [-0.2, -0.15) is 0 Å². The Bertz CT molecular complexity index is 485. The lowest BCUT2D eigenvalue weighted by molar-refractivity contribution is -0.142. The quantitative estimate of drug-likeness (QED) is 0.759. The molecule has 1 fully saturated rings. The number of hydrogen-bond acceptors (Lipinski definition) is 4. The maximum Gasteiger partial charge on any atom is 0.256 e. The van der Waals surface area contributed by atoms with Gasteiger partial charge in [-0.05, 0) is 44.6 Å². The highest BCUT2D eigenvalue weighted by molar-refractivity contribution is 5.97. The Morgan fingerprint density at radius 2 is 2.05 bits per heavy atom. The monoisotopic (exact) mass is 306 g/mol. The average molecular weight is 306 g/mol. The first kappa shape index (κ1) is 16.7. The van der Waals surface area contributed by atoms with Gasteiger partial charge in [0.2, 0.25) is 5.88 Å². The fourth-order valence-electron chi connectivity index (χ4n) is 2.32. The van der Waals surface area contributed by atoms with Crippen LogP contribution in [-0.2, 0) is 9.53 Å². The van der Waals surface area contributed by atoms with Crippen molar-refractivity contribution in [2.75, 3.05) is 18.5 Å². The lowest BCUT2D eigenvalue weighted by Gasteiger charge is -2.28. The molecule has 0 saturated heterocycles. The molecule has 5 heteroatoms. The lowest BCUT2D eigenvalue weighted by Crippen LogP contribution is -2.45. The molecule has 2 rings (SSSR count). The summed E-state index contributed by atoms with van der Waals surface area (Å²) in [5.74, 6) is 0.804. The van der Waals surface area contributed by atoms with Crippen molar-refractivity contribution in [2.45, 2.75) is 52.1 Å². The zero-order valence-electron chi connectivity index (χ0n) is 13.7. The van der Waals surface area contributed by atoms with Gasteiger partial charge in [-0.15, -0.1) is 0 Å². The van der Waals surface area contributed by atoms with Crippen molar-refractivity contribution in [3.8, 4) is 5.88 Å². The number of nitrogens with zero attached hydrogens (tertiary/aromatic N) is 1. The minimum atomic E-state index is -0.743. The third-order valence-corrected chi connectivity index (χ3v) is 3.86. The average Bonchev–Trinajstić information content (AvgIpc) is 3.37. The molecule has 5 nitrogen and oxygen atoms in total. The van der Waals surface area contributed by atoms with Crippen molar-refractivity contribution < 1.29 is 14.3 Å². The highest BCUT2D eigenvalue weighted by Gasteiger charge is 2.48. The van der Waals surface area contributed by atoms with E-state index >= 15 is 0 Å². The molecule has 0 bridgehead atoms. The Hall–Kier alpha value is -1.62. The first-order valence-corrected chi connectivity index (χ1v) is 8.14. The third kappa shape index (κ3) is 4.19. The summed E-state index contributed by atoms with van der Waals surface area (Å²) in [4.78, 5) is 16.8. The SMILES string of the molecule is CCCOc1ccc(NC(=O)[C@@](C)(OCCC)C2CC2)cn1. The number of carbonyl (C=O) groups excluding carboxylic acids is 1. The van der Waals surface area contributed by atoms with Crippen molar-refractivity contribution in [1.82, 2.24) is 4.98 Å². The summed E-state index contributed by atoms with van der Waals surface area (Å²) in [5, 5.41) is 2.91. The Kier molecular flexibility index (Phi) is 5.77. The number of amides is 1. The van der Waals surface area contributed by atoms with Crippen molar-refractivity contribution in [1.29, 1.82) is 0 Å². The zero-order chi connectivity index (χ0) is 16.0. The number of aromatic nitrogens is 1. The van der Waals surface area contributed by atoms with Gasteiger partial charge in [-0.25, -0.2) is 4.98 Å². The third-order valence-electron chi connectivity index (χ3n) is 3.86. The van der Waals surface area contributed by atoms with Gasteiger partial charge in [-0.3, -0.25) is 4.79 Å². The predicted molar refractivity (Wildman–Crippen MR) is 86.0 cm³/mol. The van der Waals surface area contributed by atoms with E-state index in [0.717, 1.165) is 25.7 Å². The molecular weight excluding hydrogens is 280 g/mol. The number of rotatable bonds is 9.